The Morgan fingerprint density at radius 2 is 1.45 bits per heavy atom. The Morgan fingerprint density at radius 1 is 1.00 bits per heavy atom. The van der Waals surface area contributed by atoms with Gasteiger partial charge < -0.3 is 4.74 Å². The zero-order chi connectivity index (χ0) is 7.84. The van der Waals surface area contributed by atoms with Gasteiger partial charge in [0.25, 0.3) is 0 Å². The summed E-state index contributed by atoms with van der Waals surface area (Å²) >= 11 is 0. The molecule has 2 unspecified atom stereocenters. The molecule has 1 aromatic carbocycles. The number of hydrogen-bond donors (Lipinski definition) is 0. The molecule has 0 amide bonds. The van der Waals surface area contributed by atoms with Crippen LogP contribution in [0.2, 0.25) is 0 Å². The molecule has 1 nitrogen and oxygen atoms in total. The maximum absolute atomic E-state index is 12.7. The van der Waals surface area contributed by atoms with Crippen molar-refractivity contribution in [2.45, 2.75) is 12.7 Å². The highest BCUT2D eigenvalue weighted by Crippen LogP contribution is 2.39. The van der Waals surface area contributed by atoms with Crippen LogP contribution in [0.15, 0.2) is 24.3 Å². The molecule has 0 radical (unpaired) electrons. The van der Waals surface area contributed by atoms with E-state index in [1.165, 1.54) is 12.1 Å². The van der Waals surface area contributed by atoms with Crippen molar-refractivity contribution in [3.8, 4) is 0 Å². The van der Waals surface area contributed by atoms with Crippen molar-refractivity contribution in [1.29, 1.82) is 0 Å². The second-order valence-electron chi connectivity index (χ2n) is 2.40. The van der Waals surface area contributed by atoms with E-state index in [0.717, 1.165) is 0 Å². The third kappa shape index (κ3) is 0.922. The zero-order valence-corrected chi connectivity index (χ0v) is 5.63. The normalized spacial score (nSPS) is 28.5. The van der Waals surface area contributed by atoms with E-state index in [9.17, 15) is 8.78 Å². The molecule has 0 fully saturated rings. The van der Waals surface area contributed by atoms with E-state index in [1.807, 2.05) is 0 Å². The molecule has 1 aliphatic heterocycles. The first-order valence-corrected chi connectivity index (χ1v) is 3.31. The van der Waals surface area contributed by atoms with Crippen LogP contribution in [0.1, 0.15) is 23.8 Å². The largest absolute Gasteiger partial charge is 0.306 e. The maximum Gasteiger partial charge on any atom is 0.228 e. The number of rotatable bonds is 0. The van der Waals surface area contributed by atoms with E-state index < -0.39 is 12.7 Å². The molecule has 0 saturated carbocycles. The van der Waals surface area contributed by atoms with Gasteiger partial charge in [0.2, 0.25) is 12.7 Å². The Labute approximate surface area is 62.6 Å². The van der Waals surface area contributed by atoms with Crippen molar-refractivity contribution in [3.63, 3.8) is 0 Å². The molecule has 0 aliphatic carbocycles. The Hall–Kier alpha value is -0.960. The van der Waals surface area contributed by atoms with Crippen molar-refractivity contribution in [3.05, 3.63) is 35.4 Å². The first kappa shape index (κ1) is 6.73. The lowest BCUT2D eigenvalue weighted by Crippen LogP contribution is -1.85. The van der Waals surface area contributed by atoms with Crippen molar-refractivity contribution in [2.24, 2.45) is 0 Å². The summed E-state index contributed by atoms with van der Waals surface area (Å²) in [6.07, 6.45) is -3.19. The molecule has 11 heavy (non-hydrogen) atoms. The maximum atomic E-state index is 12.7. The highest BCUT2D eigenvalue weighted by atomic mass is 19.2. The van der Waals surface area contributed by atoms with Gasteiger partial charge in [-0.05, 0) is 0 Å². The van der Waals surface area contributed by atoms with Crippen LogP contribution < -0.4 is 0 Å². The molecule has 3 heteroatoms. The van der Waals surface area contributed by atoms with Crippen LogP contribution >= 0.6 is 0 Å². The molecule has 0 N–H and O–H groups in total. The quantitative estimate of drug-likeness (QED) is 0.561. The Bertz CT molecular complexity index is 248. The van der Waals surface area contributed by atoms with Gasteiger partial charge in [-0.15, -0.1) is 0 Å². The standard InChI is InChI=1S/C8H6F2O/c9-7-5-3-1-2-4-6(5)8(10)11-7/h1-4,7-8H. The lowest BCUT2D eigenvalue weighted by atomic mass is 10.1. The van der Waals surface area contributed by atoms with Crippen LogP contribution in [0.25, 0.3) is 0 Å². The van der Waals surface area contributed by atoms with Crippen LogP contribution in [-0.4, -0.2) is 0 Å². The topological polar surface area (TPSA) is 9.23 Å². The molecule has 2 atom stereocenters. The van der Waals surface area contributed by atoms with Crippen LogP contribution in [0.3, 0.4) is 0 Å². The smallest absolute Gasteiger partial charge is 0.228 e. The van der Waals surface area contributed by atoms with E-state index in [-0.39, 0.29) is 0 Å². The Kier molecular flexibility index (Phi) is 1.39. The fraction of sp³-hybridized carbons (Fsp3) is 0.250. The van der Waals surface area contributed by atoms with Gasteiger partial charge in [-0.25, -0.2) is 8.78 Å². The molecule has 2 rings (SSSR count). The second-order valence-corrected chi connectivity index (χ2v) is 2.40. The Balaban J connectivity index is 2.52. The lowest BCUT2D eigenvalue weighted by Gasteiger charge is -1.96. The van der Waals surface area contributed by atoms with Crippen molar-refractivity contribution in [2.75, 3.05) is 0 Å². The summed E-state index contributed by atoms with van der Waals surface area (Å²) in [6, 6.07) is 6.37. The van der Waals surface area contributed by atoms with Gasteiger partial charge in [0.05, 0.1) is 0 Å². The van der Waals surface area contributed by atoms with Gasteiger partial charge in [0.1, 0.15) is 0 Å². The van der Waals surface area contributed by atoms with E-state index in [2.05, 4.69) is 4.74 Å². The number of fused-ring (bicyclic) bond motifs is 1. The molecular formula is C8H6F2O. The van der Waals surface area contributed by atoms with Gasteiger partial charge in [-0.3, -0.25) is 0 Å². The van der Waals surface area contributed by atoms with E-state index in [0.29, 0.717) is 11.1 Å². The minimum atomic E-state index is -1.60. The first-order valence-electron chi connectivity index (χ1n) is 3.31. The van der Waals surface area contributed by atoms with Gasteiger partial charge >= 0.3 is 0 Å². The molecular weight excluding hydrogens is 150 g/mol. The van der Waals surface area contributed by atoms with Crippen LogP contribution in [0, 0.1) is 0 Å². The first-order chi connectivity index (χ1) is 5.29. The third-order valence-electron chi connectivity index (χ3n) is 1.72. The van der Waals surface area contributed by atoms with Crippen molar-refractivity contribution < 1.29 is 13.5 Å². The number of benzene rings is 1. The van der Waals surface area contributed by atoms with Gasteiger partial charge in [-0.2, -0.15) is 0 Å². The summed E-state index contributed by atoms with van der Waals surface area (Å²) in [5.41, 5.74) is 0.611. The summed E-state index contributed by atoms with van der Waals surface area (Å²) < 4.78 is 29.7. The summed E-state index contributed by atoms with van der Waals surface area (Å²) in [5, 5.41) is 0. The fourth-order valence-corrected chi connectivity index (χ4v) is 1.18. The van der Waals surface area contributed by atoms with Crippen LogP contribution in [-0.2, 0) is 4.74 Å². The minimum Gasteiger partial charge on any atom is -0.306 e. The number of ether oxygens (including phenoxy) is 1. The highest BCUT2D eigenvalue weighted by Gasteiger charge is 2.30. The summed E-state index contributed by atoms with van der Waals surface area (Å²) in [5.74, 6) is 0. The SMILES string of the molecule is FC1OC(F)c2ccccc21. The van der Waals surface area contributed by atoms with E-state index >= 15 is 0 Å². The van der Waals surface area contributed by atoms with E-state index in [1.54, 1.807) is 12.1 Å². The summed E-state index contributed by atoms with van der Waals surface area (Å²) in [6.45, 7) is 0. The second kappa shape index (κ2) is 2.27. The molecule has 1 aliphatic rings. The number of alkyl halides is 2. The molecule has 0 bridgehead atoms. The average Bonchev–Trinajstić information content (AvgIpc) is 2.30. The van der Waals surface area contributed by atoms with Crippen molar-refractivity contribution >= 4 is 0 Å². The predicted molar refractivity (Wildman–Crippen MR) is 35.2 cm³/mol. The lowest BCUT2D eigenvalue weighted by molar-refractivity contribution is -0.121. The monoisotopic (exact) mass is 156 g/mol. The van der Waals surface area contributed by atoms with Gasteiger partial charge in [0.15, 0.2) is 0 Å². The van der Waals surface area contributed by atoms with Gasteiger partial charge in [0, 0.05) is 11.1 Å². The molecule has 0 saturated heterocycles. The summed E-state index contributed by atoms with van der Waals surface area (Å²) in [4.78, 5) is 0. The van der Waals surface area contributed by atoms with E-state index in [4.69, 9.17) is 0 Å². The van der Waals surface area contributed by atoms with Crippen LogP contribution in [0.4, 0.5) is 8.78 Å². The molecule has 1 aromatic rings. The molecule has 0 aromatic heterocycles. The predicted octanol–water partition coefficient (Wildman–Crippen LogP) is 2.65. The van der Waals surface area contributed by atoms with Crippen LogP contribution in [0.5, 0.6) is 0 Å². The van der Waals surface area contributed by atoms with Crippen molar-refractivity contribution in [1.82, 2.24) is 0 Å². The average molecular weight is 156 g/mol. The third-order valence-corrected chi connectivity index (χ3v) is 1.72. The molecule has 58 valence electrons. The highest BCUT2D eigenvalue weighted by molar-refractivity contribution is 5.31. The summed E-state index contributed by atoms with van der Waals surface area (Å²) in [7, 11) is 0. The fourth-order valence-electron chi connectivity index (χ4n) is 1.18. The zero-order valence-electron chi connectivity index (χ0n) is 5.63. The Morgan fingerprint density at radius 3 is 1.91 bits per heavy atom. The number of halogens is 2. The molecule has 0 spiro atoms. The minimum absolute atomic E-state index is 0.306. The molecule has 1 heterocycles. The number of hydrogen-bond acceptors (Lipinski definition) is 1. The van der Waals surface area contributed by atoms with Gasteiger partial charge in [-0.1, -0.05) is 24.3 Å².